The second-order valence-electron chi connectivity index (χ2n) is 0.366. The van der Waals surface area contributed by atoms with Crippen LogP contribution in [-0.4, -0.2) is 16.4 Å². The molecule has 0 atom stereocenters. The van der Waals surface area contributed by atoms with Gasteiger partial charge in [-0.25, -0.2) is 4.79 Å². The first-order valence-electron chi connectivity index (χ1n) is 1.06. The van der Waals surface area contributed by atoms with Gasteiger partial charge in [0.1, 0.15) is 0 Å². The molecule has 7 heteroatoms. The Bertz CT molecular complexity index is 59.4. The number of rotatable bonds is 0. The molecule has 5 nitrogen and oxygen atoms in total. The van der Waals surface area contributed by atoms with Crippen LogP contribution in [0.3, 0.4) is 0 Å². The third kappa shape index (κ3) is 112. The van der Waals surface area contributed by atoms with Crippen LogP contribution in [0.25, 0.3) is 0 Å². The van der Waals surface area contributed by atoms with Crippen molar-refractivity contribution in [1.82, 2.24) is 0 Å². The zero-order valence-corrected chi connectivity index (χ0v) is 12.0. The van der Waals surface area contributed by atoms with E-state index in [1.165, 1.54) is 0 Å². The second kappa shape index (κ2) is 15.9. The Morgan fingerprint density at radius 2 is 1.50 bits per heavy atom. The van der Waals surface area contributed by atoms with Crippen molar-refractivity contribution >= 4 is 6.16 Å². The normalized spacial score (nSPS) is 4.12. The van der Waals surface area contributed by atoms with Gasteiger partial charge in [-0.1, -0.05) is 0 Å². The molecule has 41 valence electrons. The third-order valence-electron chi connectivity index (χ3n) is 0. The molecule has 0 spiro atoms. The molecule has 0 unspecified atom stereocenters. The molecule has 0 aromatic rings. The maximum atomic E-state index is 8.56. The molecule has 0 rings (SSSR count). The molecular formula is CH2CsO5Ti. The van der Waals surface area contributed by atoms with Crippen LogP contribution in [0.2, 0.25) is 0 Å². The molecule has 0 fully saturated rings. The van der Waals surface area contributed by atoms with E-state index in [-0.39, 0.29) is 68.9 Å². The van der Waals surface area contributed by atoms with Crippen LogP contribution in [0.5, 0.6) is 0 Å². The predicted octanol–water partition coefficient (Wildman–Crippen LogP) is -4.08. The van der Waals surface area contributed by atoms with E-state index in [9.17, 15) is 0 Å². The van der Waals surface area contributed by atoms with Crippen molar-refractivity contribution < 1.29 is 110 Å². The molecule has 0 amide bonds. The Hall–Kier alpha value is 1.80. The Kier molecular flexibility index (Phi) is 32.6. The van der Waals surface area contributed by atoms with E-state index in [0.717, 1.165) is 0 Å². The van der Waals surface area contributed by atoms with Gasteiger partial charge in [-0.15, -0.1) is 0 Å². The van der Waals surface area contributed by atoms with E-state index in [2.05, 4.69) is 0 Å². The Balaban J connectivity index is -0.0000000575. The molecule has 0 heterocycles. The first-order chi connectivity index (χ1) is 3.15. The quantitative estimate of drug-likeness (QED) is 0.438. The molecule has 0 saturated heterocycles. The van der Waals surface area contributed by atoms with Crippen molar-refractivity contribution in [1.29, 1.82) is 0 Å². The monoisotopic (exact) mass is 275 g/mol. The van der Waals surface area contributed by atoms with Gasteiger partial charge in [0.15, 0.2) is 0 Å². The summed E-state index contributed by atoms with van der Waals surface area (Å²) in [6.07, 6.45) is -1.83. The minimum absolute atomic E-state index is 0. The first kappa shape index (κ1) is 16.4. The summed E-state index contributed by atoms with van der Waals surface area (Å²) in [5, 5.41) is 13.9. The average Bonchev–Trinajstić information content (AvgIpc) is 1.33. The molecule has 0 bridgehead atoms. The van der Waals surface area contributed by atoms with Crippen LogP contribution in [0.4, 0.5) is 4.79 Å². The van der Waals surface area contributed by atoms with Gasteiger partial charge in [0, 0.05) is 0 Å². The molecule has 0 radical (unpaired) electrons. The van der Waals surface area contributed by atoms with Crippen LogP contribution < -0.4 is 72.6 Å². The van der Waals surface area contributed by atoms with E-state index in [0.29, 0.717) is 0 Å². The third-order valence-corrected chi connectivity index (χ3v) is 0. The fraction of sp³-hybridized carbons (Fsp3) is 0. The summed E-state index contributed by atoms with van der Waals surface area (Å²) in [4.78, 5) is 8.56. The van der Waals surface area contributed by atoms with E-state index >= 15 is 0 Å². The number of carbonyl (C=O) groups is 1. The molecule has 0 aliphatic carbocycles. The van der Waals surface area contributed by atoms with Gasteiger partial charge in [0.05, 0.1) is 0 Å². The van der Waals surface area contributed by atoms with Crippen LogP contribution in [0, 0.1) is 0 Å². The first-order valence-corrected chi connectivity index (χ1v) is 2.33. The Morgan fingerprint density at radius 1 is 1.50 bits per heavy atom. The van der Waals surface area contributed by atoms with E-state index < -0.39 is 25.7 Å². The minimum atomic E-state index is -2.00. The van der Waals surface area contributed by atoms with Crippen molar-refractivity contribution in [2.24, 2.45) is 0 Å². The van der Waals surface area contributed by atoms with Gasteiger partial charge in [-0.3, -0.25) is 0 Å². The molecule has 8 heavy (non-hydrogen) atoms. The van der Waals surface area contributed by atoms with Gasteiger partial charge >= 0.3 is 102 Å². The number of hydrogen-bond acceptors (Lipinski definition) is 3. The standard InChI is InChI=1S/CH2O3.Cs.2O.Ti/c2-1(3)4;;;;/h(H2,2,3,4);;;;/q;+1;;-1;. The summed E-state index contributed by atoms with van der Waals surface area (Å²) in [5.74, 6) is 0. The second-order valence-corrected chi connectivity index (χ2v) is 0.626. The van der Waals surface area contributed by atoms with Crippen molar-refractivity contribution in [3.05, 3.63) is 0 Å². The summed E-state index contributed by atoms with van der Waals surface area (Å²) in [6, 6.07) is 0. The molecule has 2 N–H and O–H groups in total. The van der Waals surface area contributed by atoms with Gasteiger partial charge in [0.25, 0.3) is 0 Å². The van der Waals surface area contributed by atoms with Crippen molar-refractivity contribution in [3.8, 4) is 0 Å². The van der Waals surface area contributed by atoms with Crippen LogP contribution in [0.15, 0.2) is 0 Å². The fourth-order valence-corrected chi connectivity index (χ4v) is 0. The van der Waals surface area contributed by atoms with Crippen LogP contribution >= 0.6 is 0 Å². The van der Waals surface area contributed by atoms with E-state index in [1.807, 2.05) is 0 Å². The number of hydrogen-bond donors (Lipinski definition) is 2. The van der Waals surface area contributed by atoms with E-state index in [4.69, 9.17) is 22.0 Å². The Morgan fingerprint density at radius 3 is 1.50 bits per heavy atom. The molecule has 0 aromatic carbocycles. The molecule has 0 aromatic heterocycles. The molecule has 0 saturated carbocycles. The van der Waals surface area contributed by atoms with Crippen molar-refractivity contribution in [2.75, 3.05) is 0 Å². The Labute approximate surface area is 114 Å². The van der Waals surface area contributed by atoms with Crippen LogP contribution in [-0.2, 0) is 22.8 Å². The van der Waals surface area contributed by atoms with Crippen molar-refractivity contribution in [3.63, 3.8) is 0 Å². The summed E-state index contributed by atoms with van der Waals surface area (Å²) in [7, 11) is 0. The summed E-state index contributed by atoms with van der Waals surface area (Å²) >= 11 is -2.00. The molecular weight excluding hydrogens is 273 g/mol. The SMILES string of the molecule is O=C(O)O.[Cs+].[O]=[Ti][O-]. The van der Waals surface area contributed by atoms with Crippen molar-refractivity contribution in [2.45, 2.75) is 0 Å². The topological polar surface area (TPSA) is 97.7 Å². The summed E-state index contributed by atoms with van der Waals surface area (Å²) in [5.41, 5.74) is 0. The van der Waals surface area contributed by atoms with Gasteiger partial charge in [-0.2, -0.15) is 0 Å². The molecule has 0 aliphatic rings. The van der Waals surface area contributed by atoms with E-state index in [1.54, 1.807) is 0 Å². The van der Waals surface area contributed by atoms with Crippen LogP contribution in [0.1, 0.15) is 0 Å². The van der Waals surface area contributed by atoms with Gasteiger partial charge in [0.2, 0.25) is 0 Å². The zero-order valence-electron chi connectivity index (χ0n) is 4.12. The average molecular weight is 275 g/mol. The van der Waals surface area contributed by atoms with Gasteiger partial charge in [-0.05, 0) is 0 Å². The summed E-state index contributed by atoms with van der Waals surface area (Å²) < 4.78 is 17.0. The number of carboxylic acid groups (broad SMARTS) is 2. The fourth-order valence-electron chi connectivity index (χ4n) is 0. The predicted molar refractivity (Wildman–Crippen MR) is 11.3 cm³/mol. The van der Waals surface area contributed by atoms with Gasteiger partial charge < -0.3 is 10.2 Å². The zero-order chi connectivity index (χ0) is 6.28. The molecule has 0 aliphatic heterocycles. The maximum absolute atomic E-state index is 8.56. The summed E-state index contributed by atoms with van der Waals surface area (Å²) in [6.45, 7) is 0.